The molecule has 0 bridgehead atoms. The first kappa shape index (κ1) is 11.9. The molecule has 1 aromatic rings. The molecule has 1 heterocycles. The van der Waals surface area contributed by atoms with Crippen molar-refractivity contribution >= 4 is 24.1 Å². The van der Waals surface area contributed by atoms with E-state index in [0.29, 0.717) is 6.61 Å². The van der Waals surface area contributed by atoms with Crippen LogP contribution in [-0.4, -0.2) is 18.6 Å². The van der Waals surface area contributed by atoms with Gasteiger partial charge >= 0.3 is 5.97 Å². The van der Waals surface area contributed by atoms with Crippen molar-refractivity contribution in [2.24, 2.45) is 0 Å². The number of para-hydroxylation sites is 1. The lowest BCUT2D eigenvalue weighted by Crippen LogP contribution is -2.28. The number of benzene rings is 1. The van der Waals surface area contributed by atoms with Crippen molar-refractivity contribution in [3.8, 4) is 0 Å². The summed E-state index contributed by atoms with van der Waals surface area (Å²) in [7, 11) is 0. The number of carbonyl (C=O) groups is 1. The van der Waals surface area contributed by atoms with E-state index in [0.717, 1.165) is 12.1 Å². The Morgan fingerprint density at radius 1 is 1.53 bits per heavy atom. The van der Waals surface area contributed by atoms with E-state index in [-0.39, 0.29) is 24.4 Å². The van der Waals surface area contributed by atoms with Gasteiger partial charge in [0.1, 0.15) is 6.04 Å². The maximum atomic E-state index is 11.4. The van der Waals surface area contributed by atoms with Crippen LogP contribution in [0, 0.1) is 0 Å². The van der Waals surface area contributed by atoms with Gasteiger partial charge in [0.15, 0.2) is 0 Å². The number of hydrogen-bond acceptors (Lipinski definition) is 3. The van der Waals surface area contributed by atoms with Crippen LogP contribution in [0.4, 0.5) is 5.69 Å². The van der Waals surface area contributed by atoms with E-state index in [2.05, 4.69) is 5.32 Å². The van der Waals surface area contributed by atoms with E-state index in [1.807, 2.05) is 31.2 Å². The van der Waals surface area contributed by atoms with Gasteiger partial charge in [0.05, 0.1) is 6.61 Å². The van der Waals surface area contributed by atoms with Crippen LogP contribution in [0.25, 0.3) is 0 Å². The highest BCUT2D eigenvalue weighted by molar-refractivity contribution is 5.85. The monoisotopic (exact) mass is 227 g/mol. The summed E-state index contributed by atoms with van der Waals surface area (Å²) in [6.45, 7) is 2.26. The first-order chi connectivity index (χ1) is 6.81. The van der Waals surface area contributed by atoms with Crippen molar-refractivity contribution in [1.82, 2.24) is 0 Å². The number of carbonyl (C=O) groups excluding carboxylic acids is 1. The molecule has 1 aliphatic rings. The maximum Gasteiger partial charge on any atom is 0.328 e. The molecule has 1 atom stereocenters. The lowest BCUT2D eigenvalue weighted by Gasteiger charge is -2.09. The predicted molar refractivity (Wildman–Crippen MR) is 61.4 cm³/mol. The Balaban J connectivity index is 0.00000112. The normalized spacial score (nSPS) is 17.3. The van der Waals surface area contributed by atoms with Crippen LogP contribution in [-0.2, 0) is 16.0 Å². The van der Waals surface area contributed by atoms with Crippen LogP contribution >= 0.6 is 12.4 Å². The van der Waals surface area contributed by atoms with Crippen molar-refractivity contribution in [3.63, 3.8) is 0 Å². The fourth-order valence-corrected chi connectivity index (χ4v) is 1.68. The van der Waals surface area contributed by atoms with Crippen LogP contribution in [0.15, 0.2) is 24.3 Å². The van der Waals surface area contributed by atoms with E-state index in [9.17, 15) is 4.79 Å². The number of anilines is 1. The summed E-state index contributed by atoms with van der Waals surface area (Å²) in [5.41, 5.74) is 2.23. The van der Waals surface area contributed by atoms with Crippen molar-refractivity contribution in [2.75, 3.05) is 11.9 Å². The minimum Gasteiger partial charge on any atom is -0.464 e. The molecule has 0 amide bonds. The van der Waals surface area contributed by atoms with Crippen molar-refractivity contribution in [3.05, 3.63) is 29.8 Å². The Hall–Kier alpha value is -1.22. The number of ether oxygens (including phenoxy) is 1. The van der Waals surface area contributed by atoms with Crippen LogP contribution in [0.3, 0.4) is 0 Å². The molecule has 1 aromatic carbocycles. The van der Waals surface area contributed by atoms with Gasteiger partial charge in [0.25, 0.3) is 0 Å². The lowest BCUT2D eigenvalue weighted by atomic mass is 10.1. The first-order valence-corrected chi connectivity index (χ1v) is 4.82. The lowest BCUT2D eigenvalue weighted by molar-refractivity contribution is -0.143. The average molecular weight is 228 g/mol. The van der Waals surface area contributed by atoms with E-state index in [4.69, 9.17) is 4.74 Å². The highest BCUT2D eigenvalue weighted by Gasteiger charge is 2.26. The predicted octanol–water partition coefficient (Wildman–Crippen LogP) is 2.01. The molecule has 2 rings (SSSR count). The second kappa shape index (κ2) is 5.03. The highest BCUT2D eigenvalue weighted by atomic mass is 35.5. The Morgan fingerprint density at radius 3 is 2.93 bits per heavy atom. The third kappa shape index (κ3) is 2.42. The van der Waals surface area contributed by atoms with Crippen molar-refractivity contribution in [2.45, 2.75) is 19.4 Å². The van der Waals surface area contributed by atoms with Crippen LogP contribution < -0.4 is 5.32 Å². The van der Waals surface area contributed by atoms with Gasteiger partial charge in [-0.05, 0) is 18.6 Å². The summed E-state index contributed by atoms with van der Waals surface area (Å²) in [6.07, 6.45) is 0.731. The first-order valence-electron chi connectivity index (χ1n) is 4.82. The molecule has 0 saturated carbocycles. The van der Waals surface area contributed by atoms with Crippen LogP contribution in [0.5, 0.6) is 0 Å². The molecule has 0 aliphatic carbocycles. The van der Waals surface area contributed by atoms with Gasteiger partial charge in [0, 0.05) is 12.1 Å². The Bertz CT molecular complexity index is 329. The SMILES string of the molecule is CCOC(=O)C1Cc2ccccc2N1.Cl. The van der Waals surface area contributed by atoms with E-state index < -0.39 is 0 Å². The summed E-state index contributed by atoms with van der Waals surface area (Å²) in [6, 6.07) is 7.75. The van der Waals surface area contributed by atoms with Gasteiger partial charge in [-0.3, -0.25) is 0 Å². The molecule has 4 heteroatoms. The zero-order chi connectivity index (χ0) is 9.97. The minimum atomic E-state index is -0.202. The van der Waals surface area contributed by atoms with Gasteiger partial charge in [-0.15, -0.1) is 12.4 Å². The Labute approximate surface area is 95.2 Å². The van der Waals surface area contributed by atoms with Gasteiger partial charge in [-0.2, -0.15) is 0 Å². The third-order valence-corrected chi connectivity index (χ3v) is 2.34. The molecule has 0 fully saturated rings. The molecule has 82 valence electrons. The molecule has 0 saturated heterocycles. The number of halogens is 1. The summed E-state index contributed by atoms with van der Waals surface area (Å²) >= 11 is 0. The summed E-state index contributed by atoms with van der Waals surface area (Å²) < 4.78 is 4.96. The third-order valence-electron chi connectivity index (χ3n) is 2.34. The molecule has 1 N–H and O–H groups in total. The standard InChI is InChI=1S/C11H13NO2.ClH/c1-2-14-11(13)10-7-8-5-3-4-6-9(8)12-10;/h3-6,10,12H,2,7H2,1H3;1H. The second-order valence-corrected chi connectivity index (χ2v) is 3.31. The number of hydrogen-bond donors (Lipinski definition) is 1. The van der Waals surface area contributed by atoms with Gasteiger partial charge in [0.2, 0.25) is 0 Å². The van der Waals surface area contributed by atoms with Crippen LogP contribution in [0.1, 0.15) is 12.5 Å². The maximum absolute atomic E-state index is 11.4. The topological polar surface area (TPSA) is 38.3 Å². The number of fused-ring (bicyclic) bond motifs is 1. The average Bonchev–Trinajstić information content (AvgIpc) is 2.61. The fraction of sp³-hybridized carbons (Fsp3) is 0.364. The Morgan fingerprint density at radius 2 is 2.27 bits per heavy atom. The van der Waals surface area contributed by atoms with Crippen molar-refractivity contribution in [1.29, 1.82) is 0 Å². The summed E-state index contributed by atoms with van der Waals surface area (Å²) in [5.74, 6) is -0.163. The highest BCUT2D eigenvalue weighted by Crippen LogP contribution is 2.25. The number of esters is 1. The Kier molecular flexibility index (Phi) is 3.97. The second-order valence-electron chi connectivity index (χ2n) is 3.31. The number of rotatable bonds is 2. The van der Waals surface area contributed by atoms with E-state index >= 15 is 0 Å². The zero-order valence-electron chi connectivity index (χ0n) is 8.53. The molecule has 1 aliphatic heterocycles. The van der Waals surface area contributed by atoms with Gasteiger partial charge in [-0.1, -0.05) is 18.2 Å². The van der Waals surface area contributed by atoms with E-state index in [1.165, 1.54) is 5.56 Å². The molecule has 15 heavy (non-hydrogen) atoms. The largest absolute Gasteiger partial charge is 0.464 e. The van der Waals surface area contributed by atoms with E-state index in [1.54, 1.807) is 0 Å². The van der Waals surface area contributed by atoms with Gasteiger partial charge in [-0.25, -0.2) is 4.79 Å². The smallest absolute Gasteiger partial charge is 0.328 e. The zero-order valence-corrected chi connectivity index (χ0v) is 9.34. The molecule has 0 aromatic heterocycles. The van der Waals surface area contributed by atoms with Crippen LogP contribution in [0.2, 0.25) is 0 Å². The fourth-order valence-electron chi connectivity index (χ4n) is 1.68. The molecular formula is C11H14ClNO2. The molecule has 0 radical (unpaired) electrons. The molecule has 1 unspecified atom stereocenters. The minimum absolute atomic E-state index is 0. The molecule has 3 nitrogen and oxygen atoms in total. The number of nitrogens with one attached hydrogen (secondary N) is 1. The summed E-state index contributed by atoms with van der Waals surface area (Å²) in [5, 5.41) is 3.14. The quantitative estimate of drug-likeness (QED) is 0.786. The molecular weight excluding hydrogens is 214 g/mol. The molecule has 0 spiro atoms. The van der Waals surface area contributed by atoms with Crippen molar-refractivity contribution < 1.29 is 9.53 Å². The summed E-state index contributed by atoms with van der Waals surface area (Å²) in [4.78, 5) is 11.4. The van der Waals surface area contributed by atoms with Gasteiger partial charge < -0.3 is 10.1 Å².